The fourth-order valence-corrected chi connectivity index (χ4v) is 5.35. The maximum absolute atomic E-state index is 12.2. The van der Waals surface area contributed by atoms with Gasteiger partial charge < -0.3 is 15.0 Å². The van der Waals surface area contributed by atoms with Crippen molar-refractivity contribution in [2.75, 3.05) is 29.9 Å². The molecule has 0 amide bonds. The molecule has 4 aromatic rings. The molecule has 0 radical (unpaired) electrons. The maximum Gasteiger partial charge on any atom is 0.309 e. The van der Waals surface area contributed by atoms with Gasteiger partial charge in [-0.05, 0) is 50.1 Å². The Balaban J connectivity index is 1.40. The first-order chi connectivity index (χ1) is 16.7. The molecule has 0 aliphatic carbocycles. The number of rotatable bonds is 4. The Labute approximate surface area is 199 Å². The smallest absolute Gasteiger partial charge is 0.309 e. The molecule has 34 heavy (non-hydrogen) atoms. The summed E-state index contributed by atoms with van der Waals surface area (Å²) in [6.07, 6.45) is 1.54. The lowest BCUT2D eigenvalue weighted by atomic mass is 9.95. The molecule has 6 nitrogen and oxygen atoms in total. The van der Waals surface area contributed by atoms with Crippen LogP contribution in [0.5, 0.6) is 0 Å². The lowest BCUT2D eigenvalue weighted by Crippen LogP contribution is -2.38. The zero-order valence-corrected chi connectivity index (χ0v) is 19.3. The summed E-state index contributed by atoms with van der Waals surface area (Å²) in [5.41, 5.74) is 6.71. The van der Waals surface area contributed by atoms with E-state index in [1.807, 2.05) is 13.0 Å². The van der Waals surface area contributed by atoms with Crippen molar-refractivity contribution >= 4 is 28.4 Å². The molecular weight excluding hydrogens is 424 g/mol. The highest BCUT2D eigenvalue weighted by molar-refractivity contribution is 5.87. The molecule has 1 unspecified atom stereocenters. The monoisotopic (exact) mass is 452 g/mol. The third-order valence-electron chi connectivity index (χ3n) is 7.00. The van der Waals surface area contributed by atoms with Crippen LogP contribution < -0.4 is 10.2 Å². The van der Waals surface area contributed by atoms with Crippen molar-refractivity contribution in [1.29, 1.82) is 0 Å². The van der Waals surface area contributed by atoms with Gasteiger partial charge in [-0.25, -0.2) is 4.98 Å². The van der Waals surface area contributed by atoms with Crippen molar-refractivity contribution < 1.29 is 9.53 Å². The van der Waals surface area contributed by atoms with Crippen LogP contribution in [0.15, 0.2) is 72.8 Å². The highest BCUT2D eigenvalue weighted by Gasteiger charge is 2.32. The van der Waals surface area contributed by atoms with E-state index in [2.05, 4.69) is 81.5 Å². The Morgan fingerprint density at radius 1 is 1.00 bits per heavy atom. The van der Waals surface area contributed by atoms with Gasteiger partial charge in [0.15, 0.2) is 0 Å². The summed E-state index contributed by atoms with van der Waals surface area (Å²) in [5, 5.41) is 3.79. The van der Waals surface area contributed by atoms with Crippen LogP contribution in [-0.4, -0.2) is 35.2 Å². The van der Waals surface area contributed by atoms with E-state index < -0.39 is 0 Å². The minimum absolute atomic E-state index is 0.00719. The summed E-state index contributed by atoms with van der Waals surface area (Å²) >= 11 is 0. The third kappa shape index (κ3) is 3.41. The second-order valence-corrected chi connectivity index (χ2v) is 8.96. The van der Waals surface area contributed by atoms with Gasteiger partial charge in [-0.1, -0.05) is 42.5 Å². The maximum atomic E-state index is 12.2. The summed E-state index contributed by atoms with van der Waals surface area (Å²) in [6, 6.07) is 25.3. The number of para-hydroxylation sites is 4. The Morgan fingerprint density at radius 3 is 2.59 bits per heavy atom. The molecule has 3 aromatic carbocycles. The van der Waals surface area contributed by atoms with Crippen LogP contribution in [0.25, 0.3) is 22.4 Å². The predicted molar refractivity (Wildman–Crippen MR) is 135 cm³/mol. The Morgan fingerprint density at radius 2 is 1.74 bits per heavy atom. The predicted octanol–water partition coefficient (Wildman–Crippen LogP) is 5.46. The standard InChI is InChI=1S/C28H28N4O2/c1-2-34-28(33)19-15-17-31(18-16-19)24-13-7-4-10-21(24)27-29-22-11-5-3-9-20(22)26-30-23-12-6-8-14-25(23)32(26)27/h3-14,19,27,29H,2,15-18H2,1H3. The van der Waals surface area contributed by atoms with Crippen molar-refractivity contribution in [3.05, 3.63) is 78.4 Å². The van der Waals surface area contributed by atoms with E-state index in [-0.39, 0.29) is 18.1 Å². The molecule has 1 aromatic heterocycles. The van der Waals surface area contributed by atoms with Gasteiger partial charge in [0.05, 0.1) is 23.6 Å². The number of benzene rings is 3. The van der Waals surface area contributed by atoms with Gasteiger partial charge >= 0.3 is 5.97 Å². The summed E-state index contributed by atoms with van der Waals surface area (Å²) in [6.45, 7) is 3.98. The SMILES string of the molecule is CCOC(=O)C1CCN(c2ccccc2C2Nc3ccccc3-c3nc4ccccc4n32)CC1. The number of nitrogens with one attached hydrogen (secondary N) is 1. The van der Waals surface area contributed by atoms with E-state index in [0.29, 0.717) is 6.61 Å². The number of carbonyl (C=O) groups is 1. The fraction of sp³-hybridized carbons (Fsp3) is 0.286. The van der Waals surface area contributed by atoms with E-state index in [4.69, 9.17) is 9.72 Å². The van der Waals surface area contributed by atoms with Crippen molar-refractivity contribution in [2.24, 2.45) is 5.92 Å². The van der Waals surface area contributed by atoms with E-state index in [1.54, 1.807) is 0 Å². The minimum atomic E-state index is -0.0868. The van der Waals surface area contributed by atoms with E-state index in [9.17, 15) is 4.79 Å². The number of aromatic nitrogens is 2. The number of nitrogens with zero attached hydrogens (tertiary/aromatic N) is 3. The van der Waals surface area contributed by atoms with E-state index >= 15 is 0 Å². The van der Waals surface area contributed by atoms with Crippen LogP contribution in [0, 0.1) is 5.92 Å². The second kappa shape index (κ2) is 8.52. The van der Waals surface area contributed by atoms with Crippen LogP contribution in [-0.2, 0) is 9.53 Å². The number of imidazole rings is 1. The first-order valence-corrected chi connectivity index (χ1v) is 12.1. The second-order valence-electron chi connectivity index (χ2n) is 8.96. The molecule has 2 aliphatic rings. The zero-order valence-electron chi connectivity index (χ0n) is 19.3. The van der Waals surface area contributed by atoms with Crippen molar-refractivity contribution in [3.63, 3.8) is 0 Å². The topological polar surface area (TPSA) is 59.4 Å². The molecule has 1 fully saturated rings. The van der Waals surface area contributed by atoms with Crippen LogP contribution in [0.1, 0.15) is 31.5 Å². The lowest BCUT2D eigenvalue weighted by molar-refractivity contribution is -0.148. The number of fused-ring (bicyclic) bond motifs is 5. The summed E-state index contributed by atoms with van der Waals surface area (Å²) in [5.74, 6) is 0.916. The van der Waals surface area contributed by atoms with Gasteiger partial charge in [0.25, 0.3) is 0 Å². The molecule has 2 aliphatic heterocycles. The Bertz CT molecular complexity index is 1350. The molecule has 1 saturated heterocycles. The van der Waals surface area contributed by atoms with Gasteiger partial charge in [-0.15, -0.1) is 0 Å². The summed E-state index contributed by atoms with van der Waals surface area (Å²) in [4.78, 5) is 19.7. The average Bonchev–Trinajstić information content (AvgIpc) is 3.29. The largest absolute Gasteiger partial charge is 0.466 e. The summed E-state index contributed by atoms with van der Waals surface area (Å²) in [7, 11) is 0. The highest BCUT2D eigenvalue weighted by atomic mass is 16.5. The van der Waals surface area contributed by atoms with Crippen molar-refractivity contribution in [1.82, 2.24) is 9.55 Å². The highest BCUT2D eigenvalue weighted by Crippen LogP contribution is 2.43. The van der Waals surface area contributed by atoms with Gasteiger partial charge in [0.2, 0.25) is 0 Å². The Kier molecular flexibility index (Phi) is 5.21. The Hall–Kier alpha value is -3.80. The molecule has 1 N–H and O–H groups in total. The normalized spacial score (nSPS) is 17.7. The zero-order chi connectivity index (χ0) is 23.1. The molecule has 3 heterocycles. The van der Waals surface area contributed by atoms with E-state index in [1.165, 1.54) is 11.3 Å². The molecule has 6 heteroatoms. The van der Waals surface area contributed by atoms with Crippen molar-refractivity contribution in [3.8, 4) is 11.4 Å². The van der Waals surface area contributed by atoms with Gasteiger partial charge in [-0.3, -0.25) is 9.36 Å². The van der Waals surface area contributed by atoms with Crippen LogP contribution in [0.3, 0.4) is 0 Å². The summed E-state index contributed by atoms with van der Waals surface area (Å²) < 4.78 is 7.59. The van der Waals surface area contributed by atoms with Gasteiger partial charge in [-0.2, -0.15) is 0 Å². The van der Waals surface area contributed by atoms with Crippen molar-refractivity contribution in [2.45, 2.75) is 25.9 Å². The first-order valence-electron chi connectivity index (χ1n) is 12.1. The number of esters is 1. The molecule has 0 saturated carbocycles. The van der Waals surface area contributed by atoms with Gasteiger partial charge in [0, 0.05) is 35.6 Å². The van der Waals surface area contributed by atoms with Crippen LogP contribution in [0.4, 0.5) is 11.4 Å². The number of hydrogen-bond acceptors (Lipinski definition) is 5. The molecule has 0 bridgehead atoms. The van der Waals surface area contributed by atoms with Gasteiger partial charge in [0.1, 0.15) is 12.0 Å². The first kappa shape index (κ1) is 20.8. The number of carbonyl (C=O) groups excluding carboxylic acids is 1. The minimum Gasteiger partial charge on any atom is -0.466 e. The number of piperidine rings is 1. The fourth-order valence-electron chi connectivity index (χ4n) is 5.35. The van der Waals surface area contributed by atoms with Crippen LogP contribution >= 0.6 is 0 Å². The molecule has 6 rings (SSSR count). The average molecular weight is 453 g/mol. The van der Waals surface area contributed by atoms with Crippen LogP contribution in [0.2, 0.25) is 0 Å². The number of anilines is 2. The molecular formula is C28H28N4O2. The molecule has 172 valence electrons. The number of hydrogen-bond donors (Lipinski definition) is 1. The third-order valence-corrected chi connectivity index (χ3v) is 7.00. The molecule has 0 spiro atoms. The number of ether oxygens (including phenoxy) is 1. The quantitative estimate of drug-likeness (QED) is 0.417. The lowest BCUT2D eigenvalue weighted by Gasteiger charge is -2.37. The molecule has 1 atom stereocenters. The van der Waals surface area contributed by atoms with E-state index in [0.717, 1.165) is 54.0 Å².